The number of ether oxygens (including phenoxy) is 1. The van der Waals surface area contributed by atoms with E-state index in [-0.39, 0.29) is 71.3 Å². The highest BCUT2D eigenvalue weighted by molar-refractivity contribution is 7.92. The Hall–Kier alpha value is -4.48. The van der Waals surface area contributed by atoms with Gasteiger partial charge in [0.2, 0.25) is 11.8 Å². The molecule has 5 aromatic rings. The zero-order chi connectivity index (χ0) is 33.8. The van der Waals surface area contributed by atoms with Crippen LogP contribution >= 0.6 is 12.4 Å². The van der Waals surface area contributed by atoms with Crippen molar-refractivity contribution < 1.29 is 17.9 Å². The molecule has 0 radical (unpaired) electrons. The Kier molecular flexibility index (Phi) is 9.19. The third kappa shape index (κ3) is 7.00. The number of nitrogens with one attached hydrogen (secondary N) is 1. The van der Waals surface area contributed by atoms with Crippen LogP contribution in [-0.2, 0) is 16.6 Å². The number of halogens is 1. The van der Waals surface area contributed by atoms with Crippen LogP contribution in [0.5, 0.6) is 5.88 Å². The second-order valence-corrected chi connectivity index (χ2v) is 15.5. The molecule has 4 bridgehead atoms. The number of benzene rings is 2. The van der Waals surface area contributed by atoms with Crippen LogP contribution < -0.4 is 9.46 Å². The minimum Gasteiger partial charge on any atom is -0.475 e. The van der Waals surface area contributed by atoms with E-state index >= 15 is 0 Å². The number of pyridine rings is 1. The fourth-order valence-electron chi connectivity index (χ4n) is 6.64. The number of nitrogens with zero attached hydrogens (tertiary/aromatic N) is 5. The van der Waals surface area contributed by atoms with Crippen molar-refractivity contribution in [1.82, 2.24) is 24.4 Å². The lowest BCUT2D eigenvalue weighted by atomic mass is 9.97. The molecule has 1 aliphatic heterocycles. The van der Waals surface area contributed by atoms with E-state index in [0.29, 0.717) is 12.1 Å². The minimum atomic E-state index is -4.16. The van der Waals surface area contributed by atoms with Crippen molar-refractivity contribution in [2.45, 2.75) is 77.4 Å². The maximum absolute atomic E-state index is 14.5. The normalized spacial score (nSPS) is 18.0. The van der Waals surface area contributed by atoms with E-state index in [2.05, 4.69) is 52.3 Å². The van der Waals surface area contributed by atoms with Gasteiger partial charge < -0.3 is 14.2 Å². The summed E-state index contributed by atoms with van der Waals surface area (Å²) in [5, 5.41) is 1.04. The van der Waals surface area contributed by atoms with E-state index in [1.54, 1.807) is 23.1 Å². The number of hydrogen-bond acceptors (Lipinski definition) is 7. The predicted octanol–water partition coefficient (Wildman–Crippen LogP) is 7.51. The van der Waals surface area contributed by atoms with E-state index in [1.807, 2.05) is 44.3 Å². The highest BCUT2D eigenvalue weighted by Crippen LogP contribution is 2.49. The monoisotopic (exact) mass is 700 g/mol. The number of rotatable bonds is 6. The summed E-state index contributed by atoms with van der Waals surface area (Å²) in [5.41, 5.74) is 5.50. The molecule has 7 rings (SSSR count). The molecule has 49 heavy (non-hydrogen) atoms. The molecule has 12 heteroatoms. The zero-order valence-corrected chi connectivity index (χ0v) is 29.9. The summed E-state index contributed by atoms with van der Waals surface area (Å²) in [6.07, 6.45) is 6.75. The molecule has 2 aromatic carbocycles. The van der Waals surface area contributed by atoms with Gasteiger partial charge in [-0.2, -0.15) is 4.98 Å². The maximum atomic E-state index is 14.5. The first-order chi connectivity index (χ1) is 22.9. The smallest absolute Gasteiger partial charge is 0.264 e. The predicted molar refractivity (Wildman–Crippen MR) is 193 cm³/mol. The number of carbonyl (C=O) groups excluding carboxylic acids is 1. The van der Waals surface area contributed by atoms with E-state index in [1.165, 1.54) is 12.1 Å². The van der Waals surface area contributed by atoms with Gasteiger partial charge in [0.25, 0.3) is 15.9 Å². The number of hydrogen-bond donors (Lipinski definition) is 1. The first kappa shape index (κ1) is 34.4. The molecule has 1 saturated carbocycles. The van der Waals surface area contributed by atoms with Gasteiger partial charge in [-0.1, -0.05) is 31.2 Å². The summed E-state index contributed by atoms with van der Waals surface area (Å²) < 4.78 is 38.5. The summed E-state index contributed by atoms with van der Waals surface area (Å²) in [6, 6.07) is 17.8. The van der Waals surface area contributed by atoms with Crippen molar-refractivity contribution in [3.8, 4) is 17.1 Å². The lowest BCUT2D eigenvalue weighted by molar-refractivity contribution is 0.0537. The summed E-state index contributed by atoms with van der Waals surface area (Å²) >= 11 is 0. The Labute approximate surface area is 293 Å². The van der Waals surface area contributed by atoms with Crippen LogP contribution in [-0.4, -0.2) is 51.4 Å². The Morgan fingerprint density at radius 2 is 1.76 bits per heavy atom. The lowest BCUT2D eigenvalue weighted by Crippen LogP contribution is -2.44. The molecule has 0 spiro atoms. The number of anilines is 1. The number of sulfonamides is 1. The van der Waals surface area contributed by atoms with Gasteiger partial charge in [-0.25, -0.2) is 18.1 Å². The van der Waals surface area contributed by atoms with Crippen LogP contribution in [0.2, 0.25) is 0 Å². The van der Waals surface area contributed by atoms with E-state index < -0.39 is 10.0 Å². The van der Waals surface area contributed by atoms with Crippen molar-refractivity contribution in [3.05, 3.63) is 95.4 Å². The van der Waals surface area contributed by atoms with Crippen LogP contribution in [0.1, 0.15) is 73.3 Å². The van der Waals surface area contributed by atoms with Gasteiger partial charge in [-0.3, -0.25) is 9.78 Å². The molecule has 256 valence electrons. The van der Waals surface area contributed by atoms with Crippen LogP contribution in [0.15, 0.2) is 78.0 Å². The molecule has 0 saturated heterocycles. The largest absolute Gasteiger partial charge is 0.475 e. The topological polar surface area (TPSA) is 119 Å². The molecule has 4 heterocycles. The van der Waals surface area contributed by atoms with Crippen LogP contribution in [0, 0.1) is 19.3 Å². The van der Waals surface area contributed by atoms with Crippen molar-refractivity contribution in [2.75, 3.05) is 11.3 Å². The average molecular weight is 701 g/mol. The third-order valence-electron chi connectivity index (χ3n) is 9.57. The number of aromatic nitrogens is 4. The maximum Gasteiger partial charge on any atom is 0.264 e. The average Bonchev–Trinajstić information content (AvgIpc) is 3.61. The minimum absolute atomic E-state index is 0. The van der Waals surface area contributed by atoms with Gasteiger partial charge in [0, 0.05) is 34.8 Å². The molecule has 1 aliphatic carbocycles. The van der Waals surface area contributed by atoms with Gasteiger partial charge in [0.15, 0.2) is 0 Å². The quantitative estimate of drug-likeness (QED) is 0.195. The summed E-state index contributed by atoms with van der Waals surface area (Å²) in [4.78, 5) is 30.2. The van der Waals surface area contributed by atoms with Crippen LogP contribution in [0.25, 0.3) is 22.2 Å². The Balaban J connectivity index is 0.00000417. The molecular weight excluding hydrogens is 660 g/mol. The Morgan fingerprint density at radius 3 is 2.47 bits per heavy atom. The molecule has 0 unspecified atom stereocenters. The highest BCUT2D eigenvalue weighted by Gasteiger charge is 2.42. The van der Waals surface area contributed by atoms with Gasteiger partial charge >= 0.3 is 0 Å². The summed E-state index contributed by atoms with van der Waals surface area (Å²) in [7, 11) is -4.16. The van der Waals surface area contributed by atoms with Crippen molar-refractivity contribution >= 4 is 45.2 Å². The Morgan fingerprint density at radius 1 is 1.02 bits per heavy atom. The SMILES string of the molecule is Cc1cccc(C)c1-c1cc2nc(n1)NS(=O)(=O)c1cccc(c1)C(=O)N(Cc1cc3ccn(C(C)C)c3cn1)[C@H](CC1(C)CC1)CO2.Cl. The number of carbonyl (C=O) groups is 1. The van der Waals surface area contributed by atoms with Gasteiger partial charge in [0.05, 0.1) is 40.6 Å². The lowest BCUT2D eigenvalue weighted by Gasteiger charge is -2.33. The number of fused-ring (bicyclic) bond motifs is 5. The van der Waals surface area contributed by atoms with E-state index in [0.717, 1.165) is 46.1 Å². The molecule has 1 N–H and O–H groups in total. The third-order valence-corrected chi connectivity index (χ3v) is 10.9. The van der Waals surface area contributed by atoms with E-state index in [9.17, 15) is 13.2 Å². The molecule has 10 nitrogen and oxygen atoms in total. The van der Waals surface area contributed by atoms with Crippen molar-refractivity contribution in [2.24, 2.45) is 5.41 Å². The van der Waals surface area contributed by atoms with Gasteiger partial charge in [-0.05, 0) is 93.8 Å². The second-order valence-electron chi connectivity index (χ2n) is 13.8. The van der Waals surface area contributed by atoms with Gasteiger partial charge in [-0.15, -0.1) is 12.4 Å². The fourth-order valence-corrected chi connectivity index (χ4v) is 7.63. The summed E-state index contributed by atoms with van der Waals surface area (Å²) in [5.74, 6) is -0.173. The second kappa shape index (κ2) is 13.1. The summed E-state index contributed by atoms with van der Waals surface area (Å²) in [6.45, 7) is 10.8. The molecule has 2 aliphatic rings. The molecule has 1 fully saturated rings. The van der Waals surface area contributed by atoms with Crippen molar-refractivity contribution in [1.29, 1.82) is 0 Å². The zero-order valence-electron chi connectivity index (χ0n) is 28.3. The Bertz CT molecular complexity index is 2140. The highest BCUT2D eigenvalue weighted by atomic mass is 35.5. The van der Waals surface area contributed by atoms with E-state index in [4.69, 9.17) is 9.72 Å². The van der Waals surface area contributed by atoms with Gasteiger partial charge in [0.1, 0.15) is 6.61 Å². The molecule has 3 aromatic heterocycles. The first-order valence-corrected chi connectivity index (χ1v) is 17.9. The molecular formula is C37H41ClN6O4S. The number of aryl methyl sites for hydroxylation is 2. The van der Waals surface area contributed by atoms with Crippen LogP contribution in [0.3, 0.4) is 0 Å². The standard InChI is InChI=1S/C37H40N6O4S.ClH/c1-23(2)42-15-12-26-16-28(38-20-32(26)42)21-43-29(19-37(5)13-14-37)22-47-33-18-31(34-24(3)8-6-9-25(34)4)39-36(40-33)41-48(45,46)30-11-7-10-27(17-30)35(43)44;/h6-12,15-18,20,23,29H,13-14,19,21-22H2,1-5H3,(H,39,40,41);1H/t29-;/m1./s1. The fraction of sp³-hybridized carbons (Fsp3) is 0.351. The molecule has 1 atom stereocenters. The molecule has 1 amide bonds. The first-order valence-electron chi connectivity index (χ1n) is 16.4. The van der Waals surface area contributed by atoms with Crippen LogP contribution in [0.4, 0.5) is 5.95 Å². The van der Waals surface area contributed by atoms with Crippen molar-refractivity contribution in [3.63, 3.8) is 0 Å². The number of amides is 1.